The minimum atomic E-state index is -0.622. The van der Waals surface area contributed by atoms with Crippen molar-refractivity contribution in [3.63, 3.8) is 0 Å². The van der Waals surface area contributed by atoms with Crippen LogP contribution in [0, 0.1) is 11.6 Å². The molecule has 1 aromatic carbocycles. The Labute approximate surface area is 92.2 Å². The van der Waals surface area contributed by atoms with Gasteiger partial charge in [-0.25, -0.2) is 8.78 Å². The van der Waals surface area contributed by atoms with Gasteiger partial charge in [-0.05, 0) is 6.07 Å². The summed E-state index contributed by atoms with van der Waals surface area (Å²) in [5, 5.41) is 3.47. The van der Waals surface area contributed by atoms with Crippen LogP contribution in [0.2, 0.25) is 0 Å². The van der Waals surface area contributed by atoms with E-state index in [4.69, 9.17) is 4.42 Å². The predicted molar refractivity (Wildman–Crippen MR) is 58.1 cm³/mol. The lowest BCUT2D eigenvalue weighted by Gasteiger charge is -2.04. The summed E-state index contributed by atoms with van der Waals surface area (Å²) in [7, 11) is 0. The molecule has 0 atom stereocenters. The van der Waals surface area contributed by atoms with E-state index in [1.807, 2.05) is 13.8 Å². The van der Waals surface area contributed by atoms with Crippen LogP contribution in [0.1, 0.15) is 19.6 Å². The first-order valence-corrected chi connectivity index (χ1v) is 5.17. The lowest BCUT2D eigenvalue weighted by Crippen LogP contribution is -2.21. The number of furan rings is 1. The highest BCUT2D eigenvalue weighted by molar-refractivity contribution is 5.78. The van der Waals surface area contributed by atoms with Crippen LogP contribution in [-0.2, 0) is 6.54 Å². The molecule has 1 aromatic heterocycles. The Balaban J connectivity index is 2.33. The van der Waals surface area contributed by atoms with Crippen LogP contribution in [0.25, 0.3) is 11.0 Å². The summed E-state index contributed by atoms with van der Waals surface area (Å²) in [5.41, 5.74) is 0.248. The van der Waals surface area contributed by atoms with Crippen LogP contribution >= 0.6 is 0 Å². The Morgan fingerprint density at radius 1 is 1.25 bits per heavy atom. The molecule has 2 rings (SSSR count). The van der Waals surface area contributed by atoms with Crippen LogP contribution in [0.4, 0.5) is 8.78 Å². The third kappa shape index (κ3) is 2.22. The van der Waals surface area contributed by atoms with Crippen LogP contribution in [0.15, 0.2) is 22.6 Å². The van der Waals surface area contributed by atoms with Crippen molar-refractivity contribution in [2.75, 3.05) is 0 Å². The molecule has 0 saturated heterocycles. The molecule has 86 valence electrons. The number of hydrogen-bond donors (Lipinski definition) is 1. The fourth-order valence-electron chi connectivity index (χ4n) is 1.51. The van der Waals surface area contributed by atoms with Gasteiger partial charge in [0.2, 0.25) is 0 Å². The summed E-state index contributed by atoms with van der Waals surface area (Å²) < 4.78 is 31.6. The van der Waals surface area contributed by atoms with Crippen molar-refractivity contribution in [1.29, 1.82) is 0 Å². The van der Waals surface area contributed by atoms with Crippen LogP contribution < -0.4 is 5.32 Å². The summed E-state index contributed by atoms with van der Waals surface area (Å²) in [6.07, 6.45) is 0. The molecule has 0 spiro atoms. The molecule has 0 bridgehead atoms. The van der Waals surface area contributed by atoms with Gasteiger partial charge < -0.3 is 9.73 Å². The molecule has 0 fully saturated rings. The first kappa shape index (κ1) is 11.1. The molecule has 0 saturated carbocycles. The predicted octanol–water partition coefficient (Wildman–Crippen LogP) is 3.21. The van der Waals surface area contributed by atoms with E-state index in [2.05, 4.69) is 5.32 Å². The minimum Gasteiger partial charge on any atom is -0.459 e. The van der Waals surface area contributed by atoms with Gasteiger partial charge in [0, 0.05) is 18.2 Å². The number of nitrogens with one attached hydrogen (secondary N) is 1. The summed E-state index contributed by atoms with van der Waals surface area (Å²) in [4.78, 5) is 0. The number of halogens is 2. The second-order valence-electron chi connectivity index (χ2n) is 4.05. The summed E-state index contributed by atoms with van der Waals surface area (Å²) in [6, 6.07) is 3.96. The number of hydrogen-bond acceptors (Lipinski definition) is 2. The molecule has 0 radical (unpaired) electrons. The number of rotatable bonds is 3. The fourth-order valence-corrected chi connectivity index (χ4v) is 1.51. The Bertz CT molecular complexity index is 505. The maximum absolute atomic E-state index is 13.3. The maximum atomic E-state index is 13.3. The van der Waals surface area contributed by atoms with Crippen molar-refractivity contribution in [1.82, 2.24) is 5.32 Å². The zero-order valence-corrected chi connectivity index (χ0v) is 9.18. The first-order valence-electron chi connectivity index (χ1n) is 5.17. The van der Waals surface area contributed by atoms with Crippen molar-refractivity contribution in [2.24, 2.45) is 0 Å². The van der Waals surface area contributed by atoms with Crippen molar-refractivity contribution in [3.05, 3.63) is 35.6 Å². The molecule has 4 heteroatoms. The van der Waals surface area contributed by atoms with E-state index in [1.54, 1.807) is 6.07 Å². The summed E-state index contributed by atoms with van der Waals surface area (Å²) >= 11 is 0. The second kappa shape index (κ2) is 4.22. The summed E-state index contributed by atoms with van der Waals surface area (Å²) in [5.74, 6) is -0.606. The van der Waals surface area contributed by atoms with E-state index in [0.717, 1.165) is 6.07 Å². The Hall–Kier alpha value is -1.42. The topological polar surface area (TPSA) is 25.2 Å². The van der Waals surface area contributed by atoms with Crippen LogP contribution in [0.5, 0.6) is 0 Å². The fraction of sp³-hybridized carbons (Fsp3) is 0.333. The van der Waals surface area contributed by atoms with Gasteiger partial charge in [-0.3, -0.25) is 0 Å². The van der Waals surface area contributed by atoms with E-state index in [9.17, 15) is 8.78 Å². The van der Waals surface area contributed by atoms with Crippen molar-refractivity contribution in [3.8, 4) is 0 Å². The molecule has 2 nitrogen and oxygen atoms in total. The molecule has 0 amide bonds. The lowest BCUT2D eigenvalue weighted by molar-refractivity contribution is 0.486. The van der Waals surface area contributed by atoms with Crippen LogP contribution in [0.3, 0.4) is 0 Å². The third-order valence-electron chi connectivity index (χ3n) is 2.29. The molecule has 0 aliphatic carbocycles. The lowest BCUT2D eigenvalue weighted by atomic mass is 10.2. The Kier molecular flexibility index (Phi) is 2.92. The van der Waals surface area contributed by atoms with E-state index >= 15 is 0 Å². The largest absolute Gasteiger partial charge is 0.459 e. The third-order valence-corrected chi connectivity index (χ3v) is 2.29. The molecule has 0 aliphatic heterocycles. The average molecular weight is 225 g/mol. The van der Waals surface area contributed by atoms with Gasteiger partial charge in [0.15, 0.2) is 0 Å². The Morgan fingerprint density at radius 2 is 2.00 bits per heavy atom. The highest BCUT2D eigenvalue weighted by Gasteiger charge is 2.10. The van der Waals surface area contributed by atoms with Gasteiger partial charge in [-0.15, -0.1) is 0 Å². The highest BCUT2D eigenvalue weighted by Crippen LogP contribution is 2.23. The maximum Gasteiger partial charge on any atom is 0.140 e. The molecular formula is C12H13F2NO. The van der Waals surface area contributed by atoms with E-state index in [0.29, 0.717) is 23.7 Å². The van der Waals surface area contributed by atoms with E-state index < -0.39 is 11.6 Å². The molecule has 0 unspecified atom stereocenters. The van der Waals surface area contributed by atoms with Crippen molar-refractivity contribution >= 4 is 11.0 Å². The van der Waals surface area contributed by atoms with E-state index in [-0.39, 0.29) is 5.58 Å². The SMILES string of the molecule is CC(C)NCc1cc2c(F)cc(F)cc2o1. The van der Waals surface area contributed by atoms with Gasteiger partial charge in [0.25, 0.3) is 0 Å². The smallest absolute Gasteiger partial charge is 0.140 e. The van der Waals surface area contributed by atoms with Gasteiger partial charge in [0.05, 0.1) is 11.9 Å². The molecule has 16 heavy (non-hydrogen) atoms. The molecule has 1 N–H and O–H groups in total. The van der Waals surface area contributed by atoms with Gasteiger partial charge in [-0.2, -0.15) is 0 Å². The number of benzene rings is 1. The normalized spacial score (nSPS) is 11.6. The Morgan fingerprint density at radius 3 is 2.69 bits per heavy atom. The zero-order chi connectivity index (χ0) is 11.7. The van der Waals surface area contributed by atoms with Gasteiger partial charge in [-0.1, -0.05) is 13.8 Å². The molecule has 0 aliphatic rings. The van der Waals surface area contributed by atoms with Gasteiger partial charge >= 0.3 is 0 Å². The van der Waals surface area contributed by atoms with Crippen LogP contribution in [-0.4, -0.2) is 6.04 Å². The number of fused-ring (bicyclic) bond motifs is 1. The molecule has 2 aromatic rings. The zero-order valence-electron chi connectivity index (χ0n) is 9.18. The van der Waals surface area contributed by atoms with Crippen molar-refractivity contribution < 1.29 is 13.2 Å². The minimum absolute atomic E-state index is 0.248. The van der Waals surface area contributed by atoms with E-state index in [1.165, 1.54) is 6.07 Å². The molecule has 1 heterocycles. The second-order valence-corrected chi connectivity index (χ2v) is 4.05. The molecular weight excluding hydrogens is 212 g/mol. The summed E-state index contributed by atoms with van der Waals surface area (Å²) in [6.45, 7) is 4.51. The standard InChI is InChI=1S/C12H13F2NO/c1-7(2)15-6-9-5-10-11(14)3-8(13)4-12(10)16-9/h3-5,7,15H,6H2,1-2H3. The van der Waals surface area contributed by atoms with Crippen molar-refractivity contribution in [2.45, 2.75) is 26.4 Å². The quantitative estimate of drug-likeness (QED) is 0.867. The monoisotopic (exact) mass is 225 g/mol. The van der Waals surface area contributed by atoms with Gasteiger partial charge in [0.1, 0.15) is 23.0 Å². The average Bonchev–Trinajstić information content (AvgIpc) is 2.57. The first-order chi connectivity index (χ1) is 7.56. The highest BCUT2D eigenvalue weighted by atomic mass is 19.1.